The van der Waals surface area contributed by atoms with Gasteiger partial charge in [-0.15, -0.1) is 0 Å². The molecule has 2 bridgehead atoms. The number of ketones is 1. The fraction of sp³-hybridized carbons (Fsp3) is 0.350. The lowest BCUT2D eigenvalue weighted by Crippen LogP contribution is -2.50. The van der Waals surface area contributed by atoms with Gasteiger partial charge < -0.3 is 14.2 Å². The van der Waals surface area contributed by atoms with E-state index in [-0.39, 0.29) is 18.5 Å². The Kier molecular flexibility index (Phi) is 3.96. The van der Waals surface area contributed by atoms with E-state index < -0.39 is 5.60 Å². The van der Waals surface area contributed by atoms with Crippen LogP contribution in [-0.2, 0) is 24.6 Å². The van der Waals surface area contributed by atoms with E-state index in [1.165, 1.54) is 11.1 Å². The van der Waals surface area contributed by atoms with E-state index in [9.17, 15) is 4.79 Å². The van der Waals surface area contributed by atoms with Crippen LogP contribution in [0.25, 0.3) is 0 Å². The Morgan fingerprint density at radius 3 is 2.25 bits per heavy atom. The molecule has 0 radical (unpaired) electrons. The van der Waals surface area contributed by atoms with Gasteiger partial charge in [0, 0.05) is 19.4 Å². The molecule has 0 unspecified atom stereocenters. The predicted molar refractivity (Wildman–Crippen MR) is 88.9 cm³/mol. The maximum atomic E-state index is 13.0. The molecule has 0 heterocycles. The van der Waals surface area contributed by atoms with Crippen LogP contribution in [0.15, 0.2) is 48.5 Å². The normalized spacial score (nSPS) is 23.9. The summed E-state index contributed by atoms with van der Waals surface area (Å²) in [4.78, 5) is 13.0. The zero-order valence-corrected chi connectivity index (χ0v) is 13.7. The Hall–Kier alpha value is -2.01. The van der Waals surface area contributed by atoms with E-state index in [4.69, 9.17) is 14.2 Å². The van der Waals surface area contributed by atoms with Gasteiger partial charge in [0.05, 0.1) is 13.2 Å². The van der Waals surface area contributed by atoms with Crippen molar-refractivity contribution < 1.29 is 19.0 Å². The summed E-state index contributed by atoms with van der Waals surface area (Å²) >= 11 is 0. The molecule has 124 valence electrons. The third kappa shape index (κ3) is 2.14. The third-order valence-electron chi connectivity index (χ3n) is 5.00. The van der Waals surface area contributed by atoms with Crippen LogP contribution in [0.2, 0.25) is 0 Å². The molecule has 0 saturated carbocycles. The van der Waals surface area contributed by atoms with Gasteiger partial charge in [-0.25, -0.2) is 0 Å². The molecule has 0 aromatic heterocycles. The van der Waals surface area contributed by atoms with Crippen molar-refractivity contribution in [3.63, 3.8) is 0 Å². The summed E-state index contributed by atoms with van der Waals surface area (Å²) in [5.41, 5.74) is 3.25. The Labute approximate surface area is 141 Å². The number of ether oxygens (including phenoxy) is 3. The highest BCUT2D eigenvalue weighted by molar-refractivity contribution is 5.98. The van der Waals surface area contributed by atoms with Crippen molar-refractivity contribution in [2.24, 2.45) is 0 Å². The molecule has 0 fully saturated rings. The van der Waals surface area contributed by atoms with Gasteiger partial charge in [-0.3, -0.25) is 4.79 Å². The van der Waals surface area contributed by atoms with Gasteiger partial charge >= 0.3 is 0 Å². The van der Waals surface area contributed by atoms with Gasteiger partial charge in [0.25, 0.3) is 0 Å². The molecule has 0 saturated heterocycles. The number of fused-ring (bicyclic) bond motifs is 1. The van der Waals surface area contributed by atoms with Crippen LogP contribution >= 0.6 is 0 Å². The van der Waals surface area contributed by atoms with E-state index >= 15 is 0 Å². The summed E-state index contributed by atoms with van der Waals surface area (Å²) in [7, 11) is 1.63. The fourth-order valence-corrected chi connectivity index (χ4v) is 3.97. The first-order valence-electron chi connectivity index (χ1n) is 8.22. The minimum Gasteiger partial charge on any atom is -0.382 e. The van der Waals surface area contributed by atoms with Crippen molar-refractivity contribution in [2.45, 2.75) is 17.9 Å². The van der Waals surface area contributed by atoms with Crippen LogP contribution in [0.5, 0.6) is 0 Å². The van der Waals surface area contributed by atoms with Crippen molar-refractivity contribution in [1.29, 1.82) is 0 Å². The van der Waals surface area contributed by atoms with Crippen molar-refractivity contribution in [2.75, 3.05) is 27.1 Å². The highest BCUT2D eigenvalue weighted by atomic mass is 16.7. The van der Waals surface area contributed by atoms with Crippen molar-refractivity contribution in [3.8, 4) is 0 Å². The minimum atomic E-state index is -1.05. The number of Topliss-reactive ketones (excluding diaryl/α,β-unsaturated/α-hetero) is 1. The number of methoxy groups -OCH3 is 1. The second-order valence-corrected chi connectivity index (χ2v) is 6.20. The van der Waals surface area contributed by atoms with Crippen molar-refractivity contribution in [3.05, 3.63) is 70.8 Å². The maximum absolute atomic E-state index is 13.0. The average Bonchev–Trinajstić information content (AvgIpc) is 2.63. The van der Waals surface area contributed by atoms with Crippen LogP contribution in [-0.4, -0.2) is 32.9 Å². The second kappa shape index (κ2) is 6.13. The summed E-state index contributed by atoms with van der Waals surface area (Å²) in [6, 6.07) is 16.2. The Bertz CT molecular complexity index is 720. The molecule has 5 rings (SSSR count). The van der Waals surface area contributed by atoms with Gasteiger partial charge in [0.1, 0.15) is 6.79 Å². The number of rotatable bonds is 6. The molecular formula is C20H20O4. The van der Waals surface area contributed by atoms with Crippen LogP contribution in [0.3, 0.4) is 0 Å². The summed E-state index contributed by atoms with van der Waals surface area (Å²) in [5.74, 6) is 0.241. The van der Waals surface area contributed by atoms with Gasteiger partial charge in [0.2, 0.25) is 0 Å². The molecule has 3 aliphatic carbocycles. The molecule has 4 heteroatoms. The lowest BCUT2D eigenvalue weighted by Gasteiger charge is -2.47. The van der Waals surface area contributed by atoms with E-state index in [1.54, 1.807) is 7.11 Å². The standard InChI is InChI=1S/C20H20O4/c1-22-10-11-23-13-24-20-17-8-4-2-6-14(17)16(12-19(20)21)15-7-3-5-9-18(15)20/h2-9,16H,10-13H2,1H3. The highest BCUT2D eigenvalue weighted by Crippen LogP contribution is 2.54. The maximum Gasteiger partial charge on any atom is 0.180 e. The molecule has 0 aliphatic heterocycles. The number of hydrogen-bond donors (Lipinski definition) is 0. The van der Waals surface area contributed by atoms with Crippen LogP contribution in [0.4, 0.5) is 0 Å². The second-order valence-electron chi connectivity index (χ2n) is 6.20. The smallest absolute Gasteiger partial charge is 0.180 e. The number of carbonyl (C=O) groups excluding carboxylic acids is 1. The predicted octanol–water partition coefficient (Wildman–Crippen LogP) is 2.99. The number of benzene rings is 2. The molecule has 0 N–H and O–H groups in total. The highest BCUT2D eigenvalue weighted by Gasteiger charge is 2.55. The van der Waals surface area contributed by atoms with E-state index in [0.717, 1.165) is 11.1 Å². The quantitative estimate of drug-likeness (QED) is 0.605. The SMILES string of the molecule is COCCOCOC12C(=O)CC(c3ccccc31)c1ccccc12. The fourth-order valence-electron chi connectivity index (χ4n) is 3.97. The average molecular weight is 324 g/mol. The van der Waals surface area contributed by atoms with Gasteiger partial charge in [-0.2, -0.15) is 0 Å². The first-order chi connectivity index (χ1) is 11.8. The Morgan fingerprint density at radius 1 is 1.00 bits per heavy atom. The Balaban J connectivity index is 1.77. The monoisotopic (exact) mass is 324 g/mol. The largest absolute Gasteiger partial charge is 0.382 e. The van der Waals surface area contributed by atoms with Gasteiger partial charge in [-0.1, -0.05) is 48.5 Å². The zero-order chi connectivity index (χ0) is 16.6. The topological polar surface area (TPSA) is 44.8 Å². The van der Waals surface area contributed by atoms with Crippen molar-refractivity contribution >= 4 is 5.78 Å². The zero-order valence-electron chi connectivity index (χ0n) is 13.7. The first kappa shape index (κ1) is 15.5. The summed E-state index contributed by atoms with van der Waals surface area (Å²) in [6.45, 7) is 0.995. The summed E-state index contributed by atoms with van der Waals surface area (Å²) in [5, 5.41) is 0. The number of hydrogen-bond acceptors (Lipinski definition) is 4. The minimum absolute atomic E-state index is 0.0580. The van der Waals surface area contributed by atoms with Gasteiger partial charge in [-0.05, 0) is 22.3 Å². The third-order valence-corrected chi connectivity index (χ3v) is 5.00. The molecule has 0 amide bonds. The Morgan fingerprint density at radius 2 is 1.62 bits per heavy atom. The molecule has 2 aromatic rings. The van der Waals surface area contributed by atoms with Crippen molar-refractivity contribution in [1.82, 2.24) is 0 Å². The molecule has 2 aromatic carbocycles. The molecule has 0 spiro atoms. The molecule has 4 nitrogen and oxygen atoms in total. The summed E-state index contributed by atoms with van der Waals surface area (Å²) < 4.78 is 16.6. The molecule has 3 aliphatic rings. The van der Waals surface area contributed by atoms with E-state index in [0.29, 0.717) is 19.6 Å². The molecular weight excluding hydrogens is 304 g/mol. The van der Waals surface area contributed by atoms with Crippen LogP contribution < -0.4 is 0 Å². The number of carbonyl (C=O) groups is 1. The van der Waals surface area contributed by atoms with Crippen LogP contribution in [0, 0.1) is 0 Å². The van der Waals surface area contributed by atoms with E-state index in [1.807, 2.05) is 36.4 Å². The molecule has 24 heavy (non-hydrogen) atoms. The van der Waals surface area contributed by atoms with E-state index in [2.05, 4.69) is 12.1 Å². The van der Waals surface area contributed by atoms with Gasteiger partial charge in [0.15, 0.2) is 11.4 Å². The lowest BCUT2D eigenvalue weighted by atomic mass is 9.60. The van der Waals surface area contributed by atoms with Crippen LogP contribution in [0.1, 0.15) is 34.6 Å². The molecule has 0 atom stereocenters. The lowest BCUT2D eigenvalue weighted by molar-refractivity contribution is -0.166. The summed E-state index contributed by atoms with van der Waals surface area (Å²) in [6.07, 6.45) is 0.478. The first-order valence-corrected chi connectivity index (χ1v) is 8.22.